The number of hydrogen-bond donors (Lipinski definition) is 3. The molecule has 1 rings (SSSR count). The van der Waals surface area contributed by atoms with E-state index in [0.29, 0.717) is 12.5 Å². The van der Waals surface area contributed by atoms with E-state index in [1.165, 1.54) is 12.1 Å². The summed E-state index contributed by atoms with van der Waals surface area (Å²) in [4.78, 5) is 22.9. The summed E-state index contributed by atoms with van der Waals surface area (Å²) in [6.07, 6.45) is 1.96. The zero-order valence-electron chi connectivity index (χ0n) is 11.6. The summed E-state index contributed by atoms with van der Waals surface area (Å²) in [6.45, 7) is 4.68. The van der Waals surface area contributed by atoms with Gasteiger partial charge < -0.3 is 15.7 Å². The first-order chi connectivity index (χ1) is 9.49. The van der Waals surface area contributed by atoms with E-state index in [4.69, 9.17) is 16.7 Å². The van der Waals surface area contributed by atoms with Crippen LogP contribution in [0.25, 0.3) is 0 Å². The van der Waals surface area contributed by atoms with E-state index in [1.807, 2.05) is 0 Å². The highest BCUT2D eigenvalue weighted by Gasteiger charge is 2.16. The van der Waals surface area contributed by atoms with E-state index in [0.717, 1.165) is 12.8 Å². The highest BCUT2D eigenvalue weighted by Crippen LogP contribution is 2.24. The Morgan fingerprint density at radius 2 is 1.95 bits per heavy atom. The second-order valence-electron chi connectivity index (χ2n) is 4.49. The second kappa shape index (κ2) is 7.75. The number of aromatic carboxylic acids is 1. The van der Waals surface area contributed by atoms with Crippen LogP contribution in [-0.2, 0) is 0 Å². The van der Waals surface area contributed by atoms with Gasteiger partial charge in [-0.1, -0.05) is 44.4 Å². The highest BCUT2D eigenvalue weighted by molar-refractivity contribution is 6.34. The van der Waals surface area contributed by atoms with E-state index in [2.05, 4.69) is 24.5 Å². The number of hydrogen-bond acceptors (Lipinski definition) is 2. The van der Waals surface area contributed by atoms with Crippen LogP contribution < -0.4 is 10.6 Å². The number of anilines is 1. The monoisotopic (exact) mass is 298 g/mol. The van der Waals surface area contributed by atoms with Crippen LogP contribution in [0.4, 0.5) is 10.5 Å². The Labute approximate surface area is 123 Å². The van der Waals surface area contributed by atoms with Gasteiger partial charge in [-0.15, -0.1) is 0 Å². The van der Waals surface area contributed by atoms with E-state index < -0.39 is 12.0 Å². The number of benzene rings is 1. The van der Waals surface area contributed by atoms with Crippen molar-refractivity contribution in [1.29, 1.82) is 0 Å². The molecule has 0 aliphatic carbocycles. The molecular weight excluding hydrogens is 280 g/mol. The zero-order chi connectivity index (χ0) is 15.1. The van der Waals surface area contributed by atoms with Crippen molar-refractivity contribution in [2.75, 3.05) is 11.9 Å². The molecule has 0 bridgehead atoms. The Morgan fingerprint density at radius 3 is 2.50 bits per heavy atom. The van der Waals surface area contributed by atoms with Gasteiger partial charge in [-0.25, -0.2) is 9.59 Å². The quantitative estimate of drug-likeness (QED) is 0.751. The summed E-state index contributed by atoms with van der Waals surface area (Å²) in [5, 5.41) is 14.4. The number of carbonyl (C=O) groups is 2. The van der Waals surface area contributed by atoms with Crippen molar-refractivity contribution in [3.8, 4) is 0 Å². The molecule has 6 heteroatoms. The lowest BCUT2D eigenvalue weighted by molar-refractivity contribution is 0.0698. The Hall–Kier alpha value is -1.75. The molecule has 0 radical (unpaired) electrons. The molecule has 110 valence electrons. The van der Waals surface area contributed by atoms with Gasteiger partial charge in [-0.3, -0.25) is 0 Å². The molecule has 3 N–H and O–H groups in total. The van der Waals surface area contributed by atoms with Gasteiger partial charge >= 0.3 is 12.0 Å². The molecule has 0 unspecified atom stereocenters. The first kappa shape index (κ1) is 16.3. The molecule has 0 spiro atoms. The Balaban J connectivity index is 2.71. The molecule has 1 aromatic carbocycles. The number of amides is 2. The predicted octanol–water partition coefficient (Wildman–Crippen LogP) is 3.60. The largest absolute Gasteiger partial charge is 0.478 e. The molecule has 0 saturated heterocycles. The molecule has 0 aliphatic rings. The van der Waals surface area contributed by atoms with Crippen LogP contribution in [0.1, 0.15) is 37.0 Å². The van der Waals surface area contributed by atoms with Crippen molar-refractivity contribution in [3.05, 3.63) is 28.8 Å². The van der Waals surface area contributed by atoms with E-state index >= 15 is 0 Å². The summed E-state index contributed by atoms with van der Waals surface area (Å²) in [7, 11) is 0. The second-order valence-corrected chi connectivity index (χ2v) is 4.89. The topological polar surface area (TPSA) is 78.4 Å². The summed E-state index contributed by atoms with van der Waals surface area (Å²) in [5.74, 6) is -0.759. The maximum Gasteiger partial charge on any atom is 0.339 e. The van der Waals surface area contributed by atoms with Crippen molar-refractivity contribution >= 4 is 29.3 Å². The average molecular weight is 299 g/mol. The third-order valence-electron chi connectivity index (χ3n) is 3.18. The summed E-state index contributed by atoms with van der Waals surface area (Å²) < 4.78 is 0. The lowest BCUT2D eigenvalue weighted by Crippen LogP contribution is -2.33. The highest BCUT2D eigenvalue weighted by atomic mass is 35.5. The van der Waals surface area contributed by atoms with Gasteiger partial charge in [0.1, 0.15) is 5.56 Å². The maximum absolute atomic E-state index is 11.8. The number of nitrogens with one attached hydrogen (secondary N) is 2. The molecule has 1 aromatic rings. The van der Waals surface area contributed by atoms with Crippen molar-refractivity contribution in [2.24, 2.45) is 5.92 Å². The fraction of sp³-hybridized carbons (Fsp3) is 0.429. The minimum Gasteiger partial charge on any atom is -0.478 e. The molecule has 0 aromatic heterocycles. The van der Waals surface area contributed by atoms with E-state index in [9.17, 15) is 9.59 Å². The molecule has 0 fully saturated rings. The predicted molar refractivity (Wildman–Crippen MR) is 79.5 cm³/mol. The van der Waals surface area contributed by atoms with Gasteiger partial charge in [0.05, 0.1) is 10.7 Å². The number of carbonyl (C=O) groups excluding carboxylic acids is 1. The normalized spacial score (nSPS) is 10.4. The summed E-state index contributed by atoms with van der Waals surface area (Å²) in [5.41, 5.74) is 0.0823. The van der Waals surface area contributed by atoms with Crippen molar-refractivity contribution in [2.45, 2.75) is 26.7 Å². The number of urea groups is 1. The smallest absolute Gasteiger partial charge is 0.339 e. The van der Waals surface area contributed by atoms with E-state index in [1.54, 1.807) is 6.07 Å². The Morgan fingerprint density at radius 1 is 1.30 bits per heavy atom. The third kappa shape index (κ3) is 4.42. The van der Waals surface area contributed by atoms with Crippen LogP contribution in [0.5, 0.6) is 0 Å². The van der Waals surface area contributed by atoms with Crippen LogP contribution >= 0.6 is 11.6 Å². The molecule has 0 aliphatic heterocycles. The van der Waals surface area contributed by atoms with Crippen LogP contribution in [0.3, 0.4) is 0 Å². The molecular formula is C14H19ClN2O3. The summed E-state index contributed by atoms with van der Waals surface area (Å²) >= 11 is 5.83. The molecule has 0 heterocycles. The number of carboxylic acids is 1. The van der Waals surface area contributed by atoms with Crippen molar-refractivity contribution in [3.63, 3.8) is 0 Å². The maximum atomic E-state index is 11.8. The average Bonchev–Trinajstić information content (AvgIpc) is 2.39. The first-order valence-corrected chi connectivity index (χ1v) is 6.94. The lowest BCUT2D eigenvalue weighted by Gasteiger charge is -2.15. The fourth-order valence-electron chi connectivity index (χ4n) is 1.83. The number of halogens is 1. The molecule has 0 atom stereocenters. The number of rotatable bonds is 6. The molecule has 2 amide bonds. The van der Waals surface area contributed by atoms with Gasteiger partial charge in [0.2, 0.25) is 0 Å². The van der Waals surface area contributed by atoms with Crippen LogP contribution in [0.15, 0.2) is 18.2 Å². The minimum atomic E-state index is -1.18. The van der Waals surface area contributed by atoms with Crippen LogP contribution in [0, 0.1) is 5.92 Å². The van der Waals surface area contributed by atoms with E-state index in [-0.39, 0.29) is 16.3 Å². The van der Waals surface area contributed by atoms with Gasteiger partial charge in [0, 0.05) is 6.54 Å². The molecule has 20 heavy (non-hydrogen) atoms. The SMILES string of the molecule is CCC(CC)CNC(=O)Nc1cccc(Cl)c1C(=O)O. The minimum absolute atomic E-state index is 0.0929. The Bertz CT molecular complexity index is 487. The van der Waals surface area contributed by atoms with Crippen molar-refractivity contribution in [1.82, 2.24) is 5.32 Å². The third-order valence-corrected chi connectivity index (χ3v) is 3.50. The van der Waals surface area contributed by atoms with Gasteiger partial charge in [-0.2, -0.15) is 0 Å². The number of carboxylic acid groups (broad SMARTS) is 1. The van der Waals surface area contributed by atoms with Gasteiger partial charge in [0.15, 0.2) is 0 Å². The van der Waals surface area contributed by atoms with Crippen LogP contribution in [-0.4, -0.2) is 23.7 Å². The standard InChI is InChI=1S/C14H19ClN2O3/c1-3-9(4-2)8-16-14(20)17-11-7-5-6-10(15)12(11)13(18)19/h5-7,9H,3-4,8H2,1-2H3,(H,18,19)(H2,16,17,20). The first-order valence-electron chi connectivity index (χ1n) is 6.56. The van der Waals surface area contributed by atoms with Gasteiger partial charge in [0.25, 0.3) is 0 Å². The van der Waals surface area contributed by atoms with Gasteiger partial charge in [-0.05, 0) is 18.1 Å². The molecule has 0 saturated carbocycles. The summed E-state index contributed by atoms with van der Waals surface area (Å²) in [6, 6.07) is 4.14. The Kier molecular flexibility index (Phi) is 6.31. The molecule has 5 nitrogen and oxygen atoms in total. The fourth-order valence-corrected chi connectivity index (χ4v) is 2.08. The zero-order valence-corrected chi connectivity index (χ0v) is 12.3. The van der Waals surface area contributed by atoms with Crippen LogP contribution in [0.2, 0.25) is 5.02 Å². The lowest BCUT2D eigenvalue weighted by atomic mass is 10.0. The van der Waals surface area contributed by atoms with Crippen molar-refractivity contribution < 1.29 is 14.7 Å².